The minimum absolute atomic E-state index is 0.0406. The van der Waals surface area contributed by atoms with Crippen LogP contribution in [0.3, 0.4) is 0 Å². The quantitative estimate of drug-likeness (QED) is 0.746. The maximum Gasteiger partial charge on any atom is 0.271 e. The molecule has 0 fully saturated rings. The Morgan fingerprint density at radius 1 is 1.00 bits per heavy atom. The van der Waals surface area contributed by atoms with Gasteiger partial charge in [0.1, 0.15) is 28.7 Å². The summed E-state index contributed by atoms with van der Waals surface area (Å²) in [6.07, 6.45) is 1.36. The van der Waals surface area contributed by atoms with Gasteiger partial charge in [-0.1, -0.05) is 30.3 Å². The first-order valence-corrected chi connectivity index (χ1v) is 8.29. The number of hydrogen-bond donors (Lipinski definition) is 2. The summed E-state index contributed by atoms with van der Waals surface area (Å²) in [6, 6.07) is 8.95. The van der Waals surface area contributed by atoms with E-state index in [1.54, 1.807) is 6.07 Å². The Balaban J connectivity index is 2.14. The van der Waals surface area contributed by atoms with Crippen LogP contribution >= 0.6 is 0 Å². The highest BCUT2D eigenvalue weighted by Gasteiger charge is 2.22. The standard InChI is InChI=1S/C20H18F3N3O2/c1-3-16(26-19(27)17-14(22)9-6-10-15(17)23)18(24-2)20(28)25-11-12-7-4-5-8-13(12)21/h3-10H,11H2,1-2H3,(H,25,28)(H,26,27)/b16-3+,24-18+. The van der Waals surface area contributed by atoms with Crippen LogP contribution in [0.1, 0.15) is 22.8 Å². The molecular formula is C20H18F3N3O2. The molecule has 2 rings (SSSR count). The Morgan fingerprint density at radius 2 is 1.61 bits per heavy atom. The zero-order chi connectivity index (χ0) is 20.7. The second kappa shape index (κ2) is 9.50. The molecule has 5 nitrogen and oxygen atoms in total. The normalized spacial score (nSPS) is 11.9. The molecule has 0 aromatic heterocycles. The SMILES string of the molecule is C/C=C(NC(=O)c1c(F)cccc1F)\C(=N/C)C(=O)NCc1ccccc1F. The molecule has 0 aliphatic carbocycles. The third-order valence-electron chi connectivity index (χ3n) is 3.82. The molecule has 0 atom stereocenters. The molecule has 8 heteroatoms. The Morgan fingerprint density at radius 3 is 2.18 bits per heavy atom. The second-order valence-electron chi connectivity index (χ2n) is 5.60. The molecule has 28 heavy (non-hydrogen) atoms. The molecule has 2 aromatic rings. The van der Waals surface area contributed by atoms with E-state index in [0.717, 1.165) is 18.2 Å². The minimum atomic E-state index is -1.06. The molecule has 2 amide bonds. The highest BCUT2D eigenvalue weighted by molar-refractivity contribution is 6.45. The zero-order valence-corrected chi connectivity index (χ0v) is 15.2. The molecule has 0 spiro atoms. The van der Waals surface area contributed by atoms with E-state index in [9.17, 15) is 22.8 Å². The van der Waals surface area contributed by atoms with Crippen LogP contribution in [0.4, 0.5) is 13.2 Å². The Hall–Kier alpha value is -3.42. The molecule has 0 radical (unpaired) electrons. The predicted octanol–water partition coefficient (Wildman–Crippen LogP) is 3.12. The fourth-order valence-corrected chi connectivity index (χ4v) is 2.41. The predicted molar refractivity (Wildman–Crippen MR) is 99.2 cm³/mol. The van der Waals surface area contributed by atoms with Gasteiger partial charge in [-0.3, -0.25) is 14.6 Å². The number of nitrogens with one attached hydrogen (secondary N) is 2. The Labute approximate surface area is 160 Å². The molecule has 0 aliphatic rings. The van der Waals surface area contributed by atoms with E-state index in [4.69, 9.17) is 0 Å². The number of hydrogen-bond acceptors (Lipinski definition) is 3. The van der Waals surface area contributed by atoms with Gasteiger partial charge in [0.25, 0.3) is 11.8 Å². The van der Waals surface area contributed by atoms with Gasteiger partial charge in [-0.05, 0) is 25.1 Å². The molecular weight excluding hydrogens is 371 g/mol. The number of carbonyl (C=O) groups is 2. The average Bonchev–Trinajstić information content (AvgIpc) is 2.67. The number of rotatable bonds is 6. The lowest BCUT2D eigenvalue weighted by Gasteiger charge is -2.13. The summed E-state index contributed by atoms with van der Waals surface area (Å²) in [4.78, 5) is 28.5. The molecule has 0 bridgehead atoms. The largest absolute Gasteiger partial charge is 0.346 e. The summed E-state index contributed by atoms with van der Waals surface area (Å²) in [7, 11) is 1.32. The van der Waals surface area contributed by atoms with Gasteiger partial charge in [0, 0.05) is 19.2 Å². The first-order chi connectivity index (χ1) is 13.4. The maximum absolute atomic E-state index is 13.8. The molecule has 0 saturated carbocycles. The summed E-state index contributed by atoms with van der Waals surface area (Å²) >= 11 is 0. The van der Waals surface area contributed by atoms with Crippen molar-refractivity contribution < 1.29 is 22.8 Å². The summed E-state index contributed by atoms with van der Waals surface area (Å²) in [5.74, 6) is -4.30. The van der Waals surface area contributed by atoms with Gasteiger partial charge in [0.15, 0.2) is 0 Å². The van der Waals surface area contributed by atoms with Gasteiger partial charge in [0.2, 0.25) is 0 Å². The van der Waals surface area contributed by atoms with Crippen LogP contribution in [0.25, 0.3) is 0 Å². The van der Waals surface area contributed by atoms with E-state index in [-0.39, 0.29) is 23.5 Å². The summed E-state index contributed by atoms with van der Waals surface area (Å²) in [5.41, 5.74) is -0.722. The molecule has 0 saturated heterocycles. The van der Waals surface area contributed by atoms with Gasteiger partial charge < -0.3 is 10.6 Å². The van der Waals surface area contributed by atoms with E-state index in [1.807, 2.05) is 0 Å². The van der Waals surface area contributed by atoms with Crippen LogP contribution in [-0.2, 0) is 11.3 Å². The Bertz CT molecular complexity index is 935. The molecule has 2 aromatic carbocycles. The molecule has 2 N–H and O–H groups in total. The second-order valence-corrected chi connectivity index (χ2v) is 5.60. The van der Waals surface area contributed by atoms with Crippen LogP contribution < -0.4 is 10.6 Å². The number of aliphatic imine (C=N–C) groups is 1. The van der Waals surface area contributed by atoms with Crippen molar-refractivity contribution in [3.63, 3.8) is 0 Å². The highest BCUT2D eigenvalue weighted by Crippen LogP contribution is 2.13. The summed E-state index contributed by atoms with van der Waals surface area (Å²) in [6.45, 7) is 1.42. The summed E-state index contributed by atoms with van der Waals surface area (Å²) in [5, 5.41) is 4.77. The number of benzene rings is 2. The molecule has 0 heterocycles. The van der Waals surface area contributed by atoms with Crippen molar-refractivity contribution in [2.24, 2.45) is 4.99 Å². The lowest BCUT2D eigenvalue weighted by molar-refractivity contribution is -0.114. The topological polar surface area (TPSA) is 70.6 Å². The van der Waals surface area contributed by atoms with Gasteiger partial charge in [-0.2, -0.15) is 0 Å². The van der Waals surface area contributed by atoms with Crippen molar-refractivity contribution in [3.05, 3.63) is 82.8 Å². The van der Waals surface area contributed by atoms with Crippen molar-refractivity contribution >= 4 is 17.5 Å². The van der Waals surface area contributed by atoms with Crippen LogP contribution in [0, 0.1) is 17.5 Å². The van der Waals surface area contributed by atoms with Crippen LogP contribution in [-0.4, -0.2) is 24.6 Å². The van der Waals surface area contributed by atoms with Crippen LogP contribution in [0.2, 0.25) is 0 Å². The lowest BCUT2D eigenvalue weighted by Crippen LogP contribution is -2.38. The van der Waals surface area contributed by atoms with E-state index >= 15 is 0 Å². The fraction of sp³-hybridized carbons (Fsp3) is 0.150. The number of allylic oxidation sites excluding steroid dienone is 1. The van der Waals surface area contributed by atoms with E-state index in [0.29, 0.717) is 0 Å². The summed E-state index contributed by atoms with van der Waals surface area (Å²) < 4.78 is 41.2. The van der Waals surface area contributed by atoms with E-state index in [2.05, 4.69) is 15.6 Å². The lowest BCUT2D eigenvalue weighted by atomic mass is 10.1. The van der Waals surface area contributed by atoms with Crippen LogP contribution in [0.15, 0.2) is 59.2 Å². The first kappa shape index (κ1) is 20.9. The van der Waals surface area contributed by atoms with Crippen molar-refractivity contribution in [1.29, 1.82) is 0 Å². The molecule has 0 unspecified atom stereocenters. The van der Waals surface area contributed by atoms with Crippen molar-refractivity contribution in [1.82, 2.24) is 10.6 Å². The minimum Gasteiger partial charge on any atom is -0.346 e. The highest BCUT2D eigenvalue weighted by atomic mass is 19.1. The van der Waals surface area contributed by atoms with Gasteiger partial charge in [-0.25, -0.2) is 13.2 Å². The first-order valence-electron chi connectivity index (χ1n) is 8.29. The third-order valence-corrected chi connectivity index (χ3v) is 3.82. The third kappa shape index (κ3) is 4.85. The van der Waals surface area contributed by atoms with Crippen molar-refractivity contribution in [3.8, 4) is 0 Å². The van der Waals surface area contributed by atoms with Crippen molar-refractivity contribution in [2.45, 2.75) is 13.5 Å². The number of amides is 2. The Kier molecular flexibility index (Phi) is 7.08. The fourth-order valence-electron chi connectivity index (χ4n) is 2.41. The number of halogens is 3. The monoisotopic (exact) mass is 389 g/mol. The molecule has 146 valence electrons. The van der Waals surface area contributed by atoms with E-state index < -0.39 is 34.8 Å². The smallest absolute Gasteiger partial charge is 0.271 e. The number of nitrogens with zero attached hydrogens (tertiary/aromatic N) is 1. The maximum atomic E-state index is 13.8. The van der Waals surface area contributed by atoms with Gasteiger partial charge in [-0.15, -0.1) is 0 Å². The zero-order valence-electron chi connectivity index (χ0n) is 15.2. The number of carbonyl (C=O) groups excluding carboxylic acids is 2. The average molecular weight is 389 g/mol. The van der Waals surface area contributed by atoms with E-state index in [1.165, 1.54) is 38.2 Å². The van der Waals surface area contributed by atoms with Gasteiger partial charge >= 0.3 is 0 Å². The van der Waals surface area contributed by atoms with Gasteiger partial charge in [0.05, 0.1) is 5.70 Å². The molecule has 0 aliphatic heterocycles. The van der Waals surface area contributed by atoms with Crippen molar-refractivity contribution in [2.75, 3.05) is 7.05 Å². The van der Waals surface area contributed by atoms with Crippen LogP contribution in [0.5, 0.6) is 0 Å².